The zero-order valence-corrected chi connectivity index (χ0v) is 17.0. The first kappa shape index (κ1) is 17.0. The van der Waals surface area contributed by atoms with Gasteiger partial charge in [-0.15, -0.1) is 0 Å². The molecule has 1 unspecified atom stereocenters. The molecule has 0 heterocycles. The third kappa shape index (κ3) is 2.71. The molecule has 0 nitrogen and oxygen atoms in total. The third-order valence-corrected chi connectivity index (χ3v) is 8.60. The molecule has 2 aliphatic rings. The molecule has 0 aliphatic heterocycles. The summed E-state index contributed by atoms with van der Waals surface area (Å²) in [7, 11) is -0.604. The van der Waals surface area contributed by atoms with Crippen molar-refractivity contribution in [3.63, 3.8) is 0 Å². The molecule has 0 aromatic heterocycles. The van der Waals surface area contributed by atoms with E-state index in [0.717, 1.165) is 6.42 Å². The fourth-order valence-electron chi connectivity index (χ4n) is 4.82. The Hall–Kier alpha value is -2.95. The molecule has 138 valence electrons. The molecule has 0 amide bonds. The number of hydrogen-bond acceptors (Lipinski definition) is 0. The Morgan fingerprint density at radius 2 is 1.34 bits per heavy atom. The van der Waals surface area contributed by atoms with Crippen LogP contribution >= 0.6 is 7.92 Å². The van der Waals surface area contributed by atoms with Crippen molar-refractivity contribution < 1.29 is 0 Å². The van der Waals surface area contributed by atoms with Crippen LogP contribution in [0.5, 0.6) is 0 Å². The van der Waals surface area contributed by atoms with Crippen LogP contribution in [0.25, 0.3) is 22.9 Å². The summed E-state index contributed by atoms with van der Waals surface area (Å²) in [4.78, 5) is 0. The number of hydrogen-bond donors (Lipinski definition) is 0. The monoisotopic (exact) mass is 388 g/mol. The van der Waals surface area contributed by atoms with E-state index in [4.69, 9.17) is 0 Å². The first-order valence-electron chi connectivity index (χ1n) is 10.2. The molecule has 0 N–H and O–H groups in total. The van der Waals surface area contributed by atoms with Crippen LogP contribution in [-0.2, 0) is 0 Å². The molecule has 0 spiro atoms. The Morgan fingerprint density at radius 3 is 2.07 bits per heavy atom. The van der Waals surface area contributed by atoms with Gasteiger partial charge < -0.3 is 0 Å². The quantitative estimate of drug-likeness (QED) is 0.371. The van der Waals surface area contributed by atoms with Crippen molar-refractivity contribution in [1.29, 1.82) is 0 Å². The minimum absolute atomic E-state index is 0.515. The molecule has 6 rings (SSSR count). The molecule has 1 heteroatoms. The summed E-state index contributed by atoms with van der Waals surface area (Å²) in [5, 5.41) is 7.16. The van der Waals surface area contributed by atoms with E-state index < -0.39 is 7.92 Å². The minimum Gasteiger partial charge on any atom is -0.0830 e. The summed E-state index contributed by atoms with van der Waals surface area (Å²) in [5.41, 5.74) is 4.28. The third-order valence-electron chi connectivity index (χ3n) is 6.10. The SMILES string of the molecule is C1=Cc2ccc3c(P(c4ccccc4)c4ccccc4)ccc4c3c2C(C=C4)C1. The highest BCUT2D eigenvalue weighted by Gasteiger charge is 2.25. The molecule has 0 bridgehead atoms. The van der Waals surface area contributed by atoms with Crippen LogP contribution in [0.3, 0.4) is 0 Å². The molecule has 0 fully saturated rings. The normalized spacial score (nSPS) is 16.5. The fourth-order valence-corrected chi connectivity index (χ4v) is 7.26. The highest BCUT2D eigenvalue weighted by molar-refractivity contribution is 7.80. The minimum atomic E-state index is -0.604. The van der Waals surface area contributed by atoms with E-state index in [1.54, 1.807) is 0 Å². The van der Waals surface area contributed by atoms with Gasteiger partial charge in [-0.3, -0.25) is 0 Å². The summed E-state index contributed by atoms with van der Waals surface area (Å²) in [6, 6.07) is 31.4. The smallest absolute Gasteiger partial charge is 0.00682 e. The maximum Gasteiger partial charge on any atom is 0.00682 e. The van der Waals surface area contributed by atoms with Crippen LogP contribution in [0, 0.1) is 0 Å². The summed E-state index contributed by atoms with van der Waals surface area (Å²) in [6.45, 7) is 0. The largest absolute Gasteiger partial charge is 0.0830 e. The van der Waals surface area contributed by atoms with Gasteiger partial charge in [-0.25, -0.2) is 0 Å². The van der Waals surface area contributed by atoms with Crippen LogP contribution < -0.4 is 15.9 Å². The van der Waals surface area contributed by atoms with Crippen LogP contribution in [0.1, 0.15) is 29.0 Å². The highest BCUT2D eigenvalue weighted by Crippen LogP contribution is 2.44. The van der Waals surface area contributed by atoms with Gasteiger partial charge in [0.25, 0.3) is 0 Å². The molecule has 4 aromatic rings. The highest BCUT2D eigenvalue weighted by atomic mass is 31.1. The molecule has 0 radical (unpaired) electrons. The Kier molecular flexibility index (Phi) is 3.99. The number of rotatable bonds is 3. The average molecular weight is 388 g/mol. The summed E-state index contributed by atoms with van der Waals surface area (Å²) < 4.78 is 0. The van der Waals surface area contributed by atoms with Gasteiger partial charge in [-0.1, -0.05) is 109 Å². The van der Waals surface area contributed by atoms with Gasteiger partial charge in [0.1, 0.15) is 0 Å². The van der Waals surface area contributed by atoms with Gasteiger partial charge in [0.2, 0.25) is 0 Å². The molecule has 4 aromatic carbocycles. The molecule has 1 atom stereocenters. The summed E-state index contributed by atoms with van der Waals surface area (Å²) in [5.74, 6) is 0.515. The first-order valence-corrected chi connectivity index (χ1v) is 11.6. The van der Waals surface area contributed by atoms with Crippen molar-refractivity contribution in [3.8, 4) is 0 Å². The zero-order chi connectivity index (χ0) is 19.2. The Balaban J connectivity index is 1.67. The van der Waals surface area contributed by atoms with Crippen LogP contribution in [-0.4, -0.2) is 0 Å². The van der Waals surface area contributed by atoms with Crippen molar-refractivity contribution >= 4 is 46.8 Å². The van der Waals surface area contributed by atoms with Crippen molar-refractivity contribution in [2.24, 2.45) is 0 Å². The standard InChI is InChI=1S/C28H21P/c1-3-10-23(11-4-1)29(24-12-5-2-6-13-24)26-19-17-22-15-14-20-8-7-9-21-16-18-25(26)28(22)27(20)21/h1-7,9-20H,8H2. The van der Waals surface area contributed by atoms with Crippen LogP contribution in [0.15, 0.2) is 97.1 Å². The van der Waals surface area contributed by atoms with Crippen LogP contribution in [0.2, 0.25) is 0 Å². The van der Waals surface area contributed by atoms with Crippen molar-refractivity contribution in [2.75, 3.05) is 0 Å². The summed E-state index contributed by atoms with van der Waals surface area (Å²) >= 11 is 0. The van der Waals surface area contributed by atoms with E-state index in [1.807, 2.05) is 0 Å². The van der Waals surface area contributed by atoms with Gasteiger partial charge >= 0.3 is 0 Å². The predicted octanol–water partition coefficient (Wildman–Crippen LogP) is 6.13. The topological polar surface area (TPSA) is 0 Å². The molecule has 2 aliphatic carbocycles. The first-order chi connectivity index (χ1) is 14.4. The molecule has 29 heavy (non-hydrogen) atoms. The van der Waals surface area contributed by atoms with E-state index in [9.17, 15) is 0 Å². The average Bonchev–Trinajstić information content (AvgIpc) is 2.80. The second-order valence-corrected chi connectivity index (χ2v) is 9.96. The number of allylic oxidation sites excluding steroid dienone is 2. The van der Waals surface area contributed by atoms with Crippen molar-refractivity contribution in [2.45, 2.75) is 12.3 Å². The van der Waals surface area contributed by atoms with E-state index in [0.29, 0.717) is 5.92 Å². The maximum atomic E-state index is 2.39. The molecular formula is C28H21P. The second kappa shape index (κ2) is 6.83. The Labute approximate surface area is 173 Å². The molecule has 0 saturated carbocycles. The molecular weight excluding hydrogens is 367 g/mol. The van der Waals surface area contributed by atoms with Gasteiger partial charge in [-0.05, 0) is 57.7 Å². The van der Waals surface area contributed by atoms with Gasteiger partial charge in [0.05, 0.1) is 0 Å². The predicted molar refractivity (Wildman–Crippen MR) is 128 cm³/mol. The van der Waals surface area contributed by atoms with E-state index in [-0.39, 0.29) is 0 Å². The lowest BCUT2D eigenvalue weighted by atomic mass is 9.79. The second-order valence-electron chi connectivity index (χ2n) is 7.78. The van der Waals surface area contributed by atoms with Crippen molar-refractivity contribution in [1.82, 2.24) is 0 Å². The van der Waals surface area contributed by atoms with E-state index >= 15 is 0 Å². The lowest BCUT2D eigenvalue weighted by Gasteiger charge is -2.28. The van der Waals surface area contributed by atoms with Crippen LogP contribution in [0.4, 0.5) is 0 Å². The Bertz CT molecular complexity index is 1230. The van der Waals surface area contributed by atoms with E-state index in [2.05, 4.69) is 109 Å². The fraction of sp³-hybridized carbons (Fsp3) is 0.0714. The van der Waals surface area contributed by atoms with Gasteiger partial charge in [0.15, 0.2) is 0 Å². The maximum absolute atomic E-state index is 2.39. The zero-order valence-electron chi connectivity index (χ0n) is 16.1. The lowest BCUT2D eigenvalue weighted by Crippen LogP contribution is -2.22. The molecule has 0 saturated heterocycles. The number of benzene rings is 4. The summed E-state index contributed by atoms with van der Waals surface area (Å²) in [6.07, 6.45) is 10.5. The van der Waals surface area contributed by atoms with Gasteiger partial charge in [-0.2, -0.15) is 0 Å². The Morgan fingerprint density at radius 1 is 0.655 bits per heavy atom. The lowest BCUT2D eigenvalue weighted by molar-refractivity contribution is 0.861. The van der Waals surface area contributed by atoms with Gasteiger partial charge in [0, 0.05) is 5.92 Å². The van der Waals surface area contributed by atoms with Crippen molar-refractivity contribution in [3.05, 3.63) is 114 Å². The van der Waals surface area contributed by atoms with E-state index in [1.165, 1.54) is 43.4 Å².